The maximum absolute atomic E-state index is 12.7. The summed E-state index contributed by atoms with van der Waals surface area (Å²) in [5.74, 6) is 2.30. The zero-order valence-electron chi connectivity index (χ0n) is 15.4. The summed E-state index contributed by atoms with van der Waals surface area (Å²) in [5.41, 5.74) is 3.33. The third kappa shape index (κ3) is 3.10. The molecule has 1 aromatic heterocycles. The predicted octanol–water partition coefficient (Wildman–Crippen LogP) is 4.19. The van der Waals surface area contributed by atoms with Gasteiger partial charge in [-0.25, -0.2) is 0 Å². The molecule has 1 fully saturated rings. The van der Waals surface area contributed by atoms with Crippen molar-refractivity contribution in [2.24, 2.45) is 0 Å². The molecule has 4 nitrogen and oxygen atoms in total. The first-order valence-corrected chi connectivity index (χ1v) is 10.5. The van der Waals surface area contributed by atoms with Crippen molar-refractivity contribution in [1.82, 2.24) is 9.47 Å². The van der Waals surface area contributed by atoms with Crippen LogP contribution in [0.4, 0.5) is 5.69 Å². The van der Waals surface area contributed by atoms with Crippen molar-refractivity contribution in [3.63, 3.8) is 0 Å². The second-order valence-corrected chi connectivity index (χ2v) is 8.03. The van der Waals surface area contributed by atoms with Crippen LogP contribution in [0.25, 0.3) is 21.8 Å². The van der Waals surface area contributed by atoms with Gasteiger partial charge in [-0.15, -0.1) is 0 Å². The molecule has 0 aliphatic carbocycles. The van der Waals surface area contributed by atoms with Crippen LogP contribution in [-0.4, -0.2) is 46.0 Å². The maximum atomic E-state index is 12.7. The van der Waals surface area contributed by atoms with Crippen LogP contribution >= 0.6 is 11.8 Å². The van der Waals surface area contributed by atoms with Gasteiger partial charge >= 0.3 is 0 Å². The number of nitrogens with one attached hydrogen (secondary N) is 1. The molecule has 26 heavy (non-hydrogen) atoms. The van der Waals surface area contributed by atoms with Gasteiger partial charge in [-0.05, 0) is 38.1 Å². The second-order valence-electron chi connectivity index (χ2n) is 6.81. The van der Waals surface area contributed by atoms with E-state index in [1.165, 1.54) is 21.8 Å². The smallest absolute Gasteiger partial charge is 0.241 e. The van der Waals surface area contributed by atoms with Gasteiger partial charge in [-0.1, -0.05) is 18.2 Å². The largest absolute Gasteiger partial charge is 0.341 e. The van der Waals surface area contributed by atoms with Crippen LogP contribution in [-0.2, 0) is 11.3 Å². The molecule has 0 spiro atoms. The van der Waals surface area contributed by atoms with Crippen molar-refractivity contribution < 1.29 is 4.79 Å². The molecule has 1 amide bonds. The number of aryl methyl sites for hydroxylation is 1. The summed E-state index contributed by atoms with van der Waals surface area (Å²) < 4.78 is 2.32. The summed E-state index contributed by atoms with van der Waals surface area (Å²) in [6.07, 6.45) is 0. The minimum absolute atomic E-state index is 0.0791. The highest BCUT2D eigenvalue weighted by Gasteiger charge is 2.23. The van der Waals surface area contributed by atoms with Crippen molar-refractivity contribution in [3.05, 3.63) is 42.5 Å². The van der Waals surface area contributed by atoms with Gasteiger partial charge in [0.05, 0.1) is 6.04 Å². The van der Waals surface area contributed by atoms with E-state index in [2.05, 4.69) is 58.1 Å². The molecule has 1 aliphatic rings. The molecule has 1 saturated heterocycles. The van der Waals surface area contributed by atoms with Crippen molar-refractivity contribution >= 4 is 45.2 Å². The standard InChI is InChI=1S/C21H25N3OS/c1-3-24-19-7-5-4-6-17(19)18-14-16(8-9-20(18)24)22-21(25)15(2)23-10-12-26-13-11-23/h4-9,14-15H,3,10-13H2,1-2H3,(H,22,25). The van der Waals surface area contributed by atoms with E-state index in [4.69, 9.17) is 0 Å². The zero-order valence-corrected chi connectivity index (χ0v) is 16.2. The molecule has 5 heteroatoms. The predicted molar refractivity (Wildman–Crippen MR) is 112 cm³/mol. The first-order valence-electron chi connectivity index (χ1n) is 9.32. The molecule has 1 N–H and O–H groups in total. The average molecular weight is 368 g/mol. The number of thioether (sulfide) groups is 1. The van der Waals surface area contributed by atoms with Crippen molar-refractivity contribution in [3.8, 4) is 0 Å². The molecule has 1 unspecified atom stereocenters. The van der Waals surface area contributed by atoms with Gasteiger partial charge in [0.2, 0.25) is 5.91 Å². The molecule has 2 heterocycles. The Labute approximate surface area is 158 Å². The highest BCUT2D eigenvalue weighted by Crippen LogP contribution is 2.31. The quantitative estimate of drug-likeness (QED) is 0.751. The number of benzene rings is 2. The van der Waals surface area contributed by atoms with Crippen LogP contribution in [0.5, 0.6) is 0 Å². The number of nitrogens with zero attached hydrogens (tertiary/aromatic N) is 2. The lowest BCUT2D eigenvalue weighted by Crippen LogP contribution is -2.46. The molecule has 1 aliphatic heterocycles. The van der Waals surface area contributed by atoms with E-state index >= 15 is 0 Å². The lowest BCUT2D eigenvalue weighted by Gasteiger charge is -2.31. The summed E-state index contributed by atoms with van der Waals surface area (Å²) in [5, 5.41) is 5.56. The molecule has 0 radical (unpaired) electrons. The van der Waals surface area contributed by atoms with Gasteiger partial charge in [0.15, 0.2) is 0 Å². The zero-order chi connectivity index (χ0) is 18.1. The molecule has 0 saturated carbocycles. The number of hydrogen-bond acceptors (Lipinski definition) is 3. The van der Waals surface area contributed by atoms with E-state index in [9.17, 15) is 4.79 Å². The molecule has 1 atom stereocenters. The van der Waals surface area contributed by atoms with E-state index < -0.39 is 0 Å². The fourth-order valence-electron chi connectivity index (χ4n) is 3.85. The van der Waals surface area contributed by atoms with E-state index in [1.807, 2.05) is 24.8 Å². The van der Waals surface area contributed by atoms with Gasteiger partial charge in [0.25, 0.3) is 0 Å². The van der Waals surface area contributed by atoms with Crippen LogP contribution in [0, 0.1) is 0 Å². The Kier molecular flexibility index (Phi) is 4.92. The molecular weight excluding hydrogens is 342 g/mol. The highest BCUT2D eigenvalue weighted by atomic mass is 32.2. The number of aromatic nitrogens is 1. The number of para-hydroxylation sites is 1. The summed E-state index contributed by atoms with van der Waals surface area (Å²) in [7, 11) is 0. The third-order valence-electron chi connectivity index (χ3n) is 5.33. The Balaban J connectivity index is 1.63. The second kappa shape index (κ2) is 7.33. The van der Waals surface area contributed by atoms with Crippen LogP contribution in [0.15, 0.2) is 42.5 Å². The molecular formula is C21H25N3OS. The monoisotopic (exact) mass is 367 g/mol. The molecule has 136 valence electrons. The average Bonchev–Trinajstić information content (AvgIpc) is 3.01. The van der Waals surface area contributed by atoms with E-state index in [0.717, 1.165) is 36.8 Å². The molecule has 0 bridgehead atoms. The van der Waals surface area contributed by atoms with Crippen molar-refractivity contribution in [1.29, 1.82) is 0 Å². The summed E-state index contributed by atoms with van der Waals surface area (Å²) in [6, 6.07) is 14.6. The minimum atomic E-state index is -0.0939. The lowest BCUT2D eigenvalue weighted by atomic mass is 10.1. The minimum Gasteiger partial charge on any atom is -0.341 e. The molecule has 4 rings (SSSR count). The van der Waals surface area contributed by atoms with Gasteiger partial charge in [0, 0.05) is 58.6 Å². The highest BCUT2D eigenvalue weighted by molar-refractivity contribution is 7.99. The van der Waals surface area contributed by atoms with Gasteiger partial charge in [-0.2, -0.15) is 11.8 Å². The Morgan fingerprint density at radius 1 is 1.12 bits per heavy atom. The summed E-state index contributed by atoms with van der Waals surface area (Å²) >= 11 is 1.96. The first-order chi connectivity index (χ1) is 12.7. The SMILES string of the molecule is CCn1c2ccccc2c2cc(NC(=O)C(C)N3CCSCC3)ccc21. The number of fused-ring (bicyclic) bond motifs is 3. The first kappa shape index (κ1) is 17.4. The number of rotatable bonds is 4. The van der Waals surface area contributed by atoms with Gasteiger partial charge in [-0.3, -0.25) is 9.69 Å². The van der Waals surface area contributed by atoms with Crippen LogP contribution in [0.1, 0.15) is 13.8 Å². The van der Waals surface area contributed by atoms with Crippen LogP contribution in [0.3, 0.4) is 0 Å². The lowest BCUT2D eigenvalue weighted by molar-refractivity contribution is -0.120. The van der Waals surface area contributed by atoms with E-state index in [0.29, 0.717) is 0 Å². The molecule has 3 aromatic rings. The normalized spacial score (nSPS) is 16.8. The van der Waals surface area contributed by atoms with Crippen molar-refractivity contribution in [2.75, 3.05) is 29.9 Å². The fraction of sp³-hybridized carbons (Fsp3) is 0.381. The van der Waals surface area contributed by atoms with Gasteiger partial charge < -0.3 is 9.88 Å². The Bertz CT molecular complexity index is 943. The Hall–Kier alpha value is -1.98. The topological polar surface area (TPSA) is 37.3 Å². The fourth-order valence-corrected chi connectivity index (χ4v) is 4.78. The number of carbonyl (C=O) groups excluding carboxylic acids is 1. The van der Waals surface area contributed by atoms with Crippen LogP contribution < -0.4 is 5.32 Å². The Morgan fingerprint density at radius 3 is 2.62 bits per heavy atom. The van der Waals surface area contributed by atoms with Crippen LogP contribution in [0.2, 0.25) is 0 Å². The van der Waals surface area contributed by atoms with E-state index in [-0.39, 0.29) is 11.9 Å². The maximum Gasteiger partial charge on any atom is 0.241 e. The summed E-state index contributed by atoms with van der Waals surface area (Å²) in [4.78, 5) is 15.0. The number of hydrogen-bond donors (Lipinski definition) is 1. The third-order valence-corrected chi connectivity index (χ3v) is 6.27. The van der Waals surface area contributed by atoms with Gasteiger partial charge in [0.1, 0.15) is 0 Å². The number of amides is 1. The number of anilines is 1. The summed E-state index contributed by atoms with van der Waals surface area (Å²) in [6.45, 7) is 7.08. The van der Waals surface area contributed by atoms with E-state index in [1.54, 1.807) is 0 Å². The van der Waals surface area contributed by atoms with Crippen molar-refractivity contribution in [2.45, 2.75) is 26.4 Å². The Morgan fingerprint density at radius 2 is 1.85 bits per heavy atom. The molecule has 2 aromatic carbocycles. The number of carbonyl (C=O) groups is 1.